The van der Waals surface area contributed by atoms with E-state index in [9.17, 15) is 9.90 Å². The molecule has 2 rings (SSSR count). The van der Waals surface area contributed by atoms with Crippen molar-refractivity contribution in [2.24, 2.45) is 0 Å². The van der Waals surface area contributed by atoms with Crippen molar-refractivity contribution in [2.45, 2.75) is 13.3 Å². The van der Waals surface area contributed by atoms with E-state index in [2.05, 4.69) is 0 Å². The number of hydrogen-bond acceptors (Lipinski definition) is 4. The van der Waals surface area contributed by atoms with Crippen LogP contribution in [0.4, 0.5) is 0 Å². The molecule has 0 spiro atoms. The monoisotopic (exact) mass is 262 g/mol. The van der Waals surface area contributed by atoms with Crippen molar-refractivity contribution in [3.63, 3.8) is 0 Å². The number of carbonyl (C=O) groups is 1. The Kier molecular flexibility index (Phi) is 3.99. The molecule has 3 nitrogen and oxygen atoms in total. The summed E-state index contributed by atoms with van der Waals surface area (Å²) in [5.41, 5.74) is 0.307. The fourth-order valence-electron chi connectivity index (χ4n) is 1.55. The van der Waals surface area contributed by atoms with E-state index < -0.39 is 0 Å². The summed E-state index contributed by atoms with van der Waals surface area (Å²) < 4.78 is 5.39. The zero-order valence-corrected chi connectivity index (χ0v) is 10.9. The minimum absolute atomic E-state index is 0.0398. The summed E-state index contributed by atoms with van der Waals surface area (Å²) in [6.07, 6.45) is 0.899. The second-order valence-electron chi connectivity index (χ2n) is 3.83. The maximum absolute atomic E-state index is 12.1. The first-order valence-corrected chi connectivity index (χ1v) is 6.64. The Labute approximate surface area is 110 Å². The molecule has 4 heteroatoms. The van der Waals surface area contributed by atoms with Crippen LogP contribution in [0.5, 0.6) is 11.5 Å². The van der Waals surface area contributed by atoms with Gasteiger partial charge in [-0.1, -0.05) is 13.0 Å². The Morgan fingerprint density at radius 3 is 2.83 bits per heavy atom. The lowest BCUT2D eigenvalue weighted by molar-refractivity contribution is 0.104. The predicted octanol–water partition coefficient (Wildman–Crippen LogP) is 3.47. The number of hydrogen-bond donors (Lipinski definition) is 1. The summed E-state index contributed by atoms with van der Waals surface area (Å²) >= 11 is 1.36. The molecule has 0 aliphatic carbocycles. The summed E-state index contributed by atoms with van der Waals surface area (Å²) in [5, 5.41) is 11.7. The lowest BCUT2D eigenvalue weighted by atomic mass is 10.1. The molecule has 0 atom stereocenters. The molecule has 1 N–H and O–H groups in total. The van der Waals surface area contributed by atoms with E-state index in [4.69, 9.17) is 4.74 Å². The first-order valence-electron chi connectivity index (χ1n) is 5.76. The molecule has 1 heterocycles. The van der Waals surface area contributed by atoms with E-state index in [1.54, 1.807) is 18.2 Å². The number of ketones is 1. The zero-order valence-electron chi connectivity index (χ0n) is 10.1. The van der Waals surface area contributed by atoms with E-state index in [1.165, 1.54) is 17.4 Å². The average Bonchev–Trinajstić information content (AvgIpc) is 2.89. The first-order chi connectivity index (χ1) is 8.72. The van der Waals surface area contributed by atoms with Crippen molar-refractivity contribution in [3.8, 4) is 11.5 Å². The van der Waals surface area contributed by atoms with Crippen LogP contribution in [-0.2, 0) is 0 Å². The van der Waals surface area contributed by atoms with Gasteiger partial charge in [0.05, 0.1) is 17.0 Å². The van der Waals surface area contributed by atoms with Gasteiger partial charge in [0.15, 0.2) is 0 Å². The molecule has 0 aliphatic rings. The van der Waals surface area contributed by atoms with Crippen LogP contribution in [0.15, 0.2) is 35.7 Å². The molecule has 0 bridgehead atoms. The smallest absolute Gasteiger partial charge is 0.206 e. The lowest BCUT2D eigenvalue weighted by Crippen LogP contribution is -2.00. The van der Waals surface area contributed by atoms with Gasteiger partial charge in [-0.05, 0) is 30.0 Å². The molecule has 94 valence electrons. The van der Waals surface area contributed by atoms with Gasteiger partial charge in [0, 0.05) is 6.07 Å². The van der Waals surface area contributed by atoms with E-state index in [0.717, 1.165) is 6.42 Å². The Balaban J connectivity index is 2.22. The molecule has 0 saturated carbocycles. The second kappa shape index (κ2) is 5.69. The van der Waals surface area contributed by atoms with Gasteiger partial charge in [0.2, 0.25) is 5.78 Å². The number of phenols is 1. The number of aromatic hydroxyl groups is 1. The number of thiophene rings is 1. The van der Waals surface area contributed by atoms with Crippen LogP contribution in [-0.4, -0.2) is 17.5 Å². The van der Waals surface area contributed by atoms with Crippen molar-refractivity contribution in [3.05, 3.63) is 46.2 Å². The minimum Gasteiger partial charge on any atom is -0.507 e. The number of carbonyl (C=O) groups excluding carboxylic acids is 1. The highest BCUT2D eigenvalue weighted by molar-refractivity contribution is 7.12. The van der Waals surface area contributed by atoms with Crippen LogP contribution in [0.25, 0.3) is 0 Å². The molecule has 1 aromatic carbocycles. The SMILES string of the molecule is CCCOc1ccc(C(=O)c2cccs2)c(O)c1. The number of ether oxygens (including phenoxy) is 1. The standard InChI is InChI=1S/C14H14O3S/c1-2-7-17-10-5-6-11(12(15)9-10)14(16)13-4-3-8-18-13/h3-6,8-9,15H,2,7H2,1H3. The quantitative estimate of drug-likeness (QED) is 0.839. The maximum Gasteiger partial charge on any atom is 0.206 e. The number of rotatable bonds is 5. The third kappa shape index (κ3) is 2.71. The normalized spacial score (nSPS) is 10.3. The van der Waals surface area contributed by atoms with E-state index in [-0.39, 0.29) is 11.5 Å². The zero-order chi connectivity index (χ0) is 13.0. The van der Waals surface area contributed by atoms with Crippen molar-refractivity contribution in [2.75, 3.05) is 6.61 Å². The van der Waals surface area contributed by atoms with Gasteiger partial charge in [-0.3, -0.25) is 4.79 Å². The molecule has 0 saturated heterocycles. The molecular formula is C14H14O3S. The summed E-state index contributed by atoms with van der Waals surface area (Å²) in [6.45, 7) is 2.60. The largest absolute Gasteiger partial charge is 0.507 e. The Morgan fingerprint density at radius 1 is 1.39 bits per heavy atom. The highest BCUT2D eigenvalue weighted by atomic mass is 32.1. The Hall–Kier alpha value is -1.81. The molecule has 1 aromatic heterocycles. The van der Waals surface area contributed by atoms with Crippen LogP contribution in [0, 0.1) is 0 Å². The minimum atomic E-state index is -0.162. The third-order valence-electron chi connectivity index (χ3n) is 2.43. The fraction of sp³-hybridized carbons (Fsp3) is 0.214. The Morgan fingerprint density at radius 2 is 2.22 bits per heavy atom. The molecule has 0 radical (unpaired) electrons. The molecule has 0 amide bonds. The predicted molar refractivity (Wildman–Crippen MR) is 71.6 cm³/mol. The van der Waals surface area contributed by atoms with Crippen LogP contribution in [0.1, 0.15) is 28.6 Å². The molecular weight excluding hydrogens is 248 g/mol. The van der Waals surface area contributed by atoms with Gasteiger partial charge < -0.3 is 9.84 Å². The van der Waals surface area contributed by atoms with Crippen molar-refractivity contribution < 1.29 is 14.6 Å². The molecule has 2 aromatic rings. The summed E-state index contributed by atoms with van der Waals surface area (Å²) in [6, 6.07) is 8.34. The van der Waals surface area contributed by atoms with Gasteiger partial charge in [-0.25, -0.2) is 0 Å². The summed E-state index contributed by atoms with van der Waals surface area (Å²) in [4.78, 5) is 12.7. The second-order valence-corrected chi connectivity index (χ2v) is 4.78. The van der Waals surface area contributed by atoms with Crippen LogP contribution < -0.4 is 4.74 Å². The molecule has 18 heavy (non-hydrogen) atoms. The number of benzene rings is 1. The van der Waals surface area contributed by atoms with Gasteiger partial charge in [0.1, 0.15) is 11.5 Å². The molecule has 0 fully saturated rings. The van der Waals surface area contributed by atoms with Crippen molar-refractivity contribution in [1.29, 1.82) is 0 Å². The van der Waals surface area contributed by atoms with Gasteiger partial charge in [0.25, 0.3) is 0 Å². The maximum atomic E-state index is 12.1. The van der Waals surface area contributed by atoms with Crippen LogP contribution in [0.3, 0.4) is 0 Å². The van der Waals surface area contributed by atoms with Gasteiger partial charge in [-0.2, -0.15) is 0 Å². The third-order valence-corrected chi connectivity index (χ3v) is 3.30. The highest BCUT2D eigenvalue weighted by Crippen LogP contribution is 2.27. The van der Waals surface area contributed by atoms with Crippen LogP contribution >= 0.6 is 11.3 Å². The first kappa shape index (κ1) is 12.6. The summed E-state index contributed by atoms with van der Waals surface area (Å²) in [7, 11) is 0. The van der Waals surface area contributed by atoms with E-state index >= 15 is 0 Å². The van der Waals surface area contributed by atoms with Gasteiger partial charge in [-0.15, -0.1) is 11.3 Å². The average molecular weight is 262 g/mol. The molecule has 0 unspecified atom stereocenters. The topological polar surface area (TPSA) is 46.5 Å². The van der Waals surface area contributed by atoms with Crippen molar-refractivity contribution in [1.82, 2.24) is 0 Å². The summed E-state index contributed by atoms with van der Waals surface area (Å²) in [5.74, 6) is 0.378. The highest BCUT2D eigenvalue weighted by Gasteiger charge is 2.14. The Bertz CT molecular complexity index is 532. The van der Waals surface area contributed by atoms with Crippen molar-refractivity contribution >= 4 is 17.1 Å². The van der Waals surface area contributed by atoms with E-state index in [0.29, 0.717) is 22.8 Å². The van der Waals surface area contributed by atoms with Gasteiger partial charge >= 0.3 is 0 Å². The molecule has 0 aliphatic heterocycles. The lowest BCUT2D eigenvalue weighted by Gasteiger charge is -2.07. The van der Waals surface area contributed by atoms with E-state index in [1.807, 2.05) is 18.4 Å². The van der Waals surface area contributed by atoms with Crippen LogP contribution in [0.2, 0.25) is 0 Å². The fourth-order valence-corrected chi connectivity index (χ4v) is 2.23. The number of phenolic OH excluding ortho intramolecular Hbond substituents is 1.